The average Bonchev–Trinajstić information content (AvgIpc) is 2.58. The molecule has 106 valence electrons. The van der Waals surface area contributed by atoms with E-state index in [4.69, 9.17) is 0 Å². The summed E-state index contributed by atoms with van der Waals surface area (Å²) in [7, 11) is 0. The zero-order valence-corrected chi connectivity index (χ0v) is 11.9. The topological polar surface area (TPSA) is 34.1 Å². The molecular weight excluding hydrogens is 272 g/mol. The minimum absolute atomic E-state index is 0.0144. The van der Waals surface area contributed by atoms with Gasteiger partial charge in [0.15, 0.2) is 11.6 Å². The molecule has 1 aromatic rings. The fourth-order valence-corrected chi connectivity index (χ4v) is 4.73. The van der Waals surface area contributed by atoms with Crippen LogP contribution in [0.2, 0.25) is 0 Å². The molecule has 0 fully saturated rings. The van der Waals surface area contributed by atoms with Gasteiger partial charge in [-0.1, -0.05) is 48.6 Å². The fourth-order valence-electron chi connectivity index (χ4n) is 4.73. The minimum atomic E-state index is 0.0144. The molecular formula is C20H14O2. The maximum absolute atomic E-state index is 12.5. The largest absolute Gasteiger partial charge is 0.290 e. The average molecular weight is 286 g/mol. The molecule has 0 amide bonds. The summed E-state index contributed by atoms with van der Waals surface area (Å²) >= 11 is 0. The van der Waals surface area contributed by atoms with E-state index < -0.39 is 0 Å². The summed E-state index contributed by atoms with van der Waals surface area (Å²) < 4.78 is 0. The zero-order valence-electron chi connectivity index (χ0n) is 11.9. The second-order valence-electron chi connectivity index (χ2n) is 6.40. The number of hydrogen-bond acceptors (Lipinski definition) is 2. The Morgan fingerprint density at radius 1 is 0.682 bits per heavy atom. The molecule has 5 aliphatic carbocycles. The molecule has 4 atom stereocenters. The summed E-state index contributed by atoms with van der Waals surface area (Å²) in [6.45, 7) is 0. The molecule has 22 heavy (non-hydrogen) atoms. The van der Waals surface area contributed by atoms with Crippen LogP contribution in [0.4, 0.5) is 0 Å². The second-order valence-corrected chi connectivity index (χ2v) is 6.40. The summed E-state index contributed by atoms with van der Waals surface area (Å²) in [5, 5.41) is 0. The van der Waals surface area contributed by atoms with Gasteiger partial charge in [0, 0.05) is 23.0 Å². The molecule has 2 heteroatoms. The lowest BCUT2D eigenvalue weighted by Crippen LogP contribution is -2.43. The number of carbonyl (C=O) groups is 2. The van der Waals surface area contributed by atoms with Crippen LogP contribution in [0.3, 0.4) is 0 Å². The molecule has 2 bridgehead atoms. The predicted molar refractivity (Wildman–Crippen MR) is 83.4 cm³/mol. The maximum Gasteiger partial charge on any atom is 0.183 e. The molecule has 5 aliphatic rings. The Morgan fingerprint density at radius 3 is 1.59 bits per heavy atom. The third kappa shape index (κ3) is 1.31. The Hall–Kier alpha value is -2.48. The smallest absolute Gasteiger partial charge is 0.183 e. The van der Waals surface area contributed by atoms with Crippen LogP contribution in [-0.4, -0.2) is 11.6 Å². The van der Waals surface area contributed by atoms with Gasteiger partial charge in [-0.2, -0.15) is 0 Å². The highest BCUT2D eigenvalue weighted by atomic mass is 16.1. The SMILES string of the molecule is O=C1C=CC(=O)C2=C1[C@@H]1c3ccccc3[C@H]2[C@@H]2C=CC=C[C@@H]21. The van der Waals surface area contributed by atoms with Gasteiger partial charge in [-0.3, -0.25) is 9.59 Å². The van der Waals surface area contributed by atoms with Gasteiger partial charge in [0.25, 0.3) is 0 Å². The van der Waals surface area contributed by atoms with Crippen molar-refractivity contribution in [3.8, 4) is 0 Å². The Bertz CT molecular complexity index is 781. The van der Waals surface area contributed by atoms with Crippen LogP contribution in [0.15, 0.2) is 71.9 Å². The lowest BCUT2D eigenvalue weighted by atomic mass is 9.52. The molecule has 0 heterocycles. The molecule has 6 rings (SSSR count). The van der Waals surface area contributed by atoms with Crippen LogP contribution in [0.1, 0.15) is 23.0 Å². The maximum atomic E-state index is 12.5. The Labute approximate surface area is 128 Å². The number of ketones is 2. The van der Waals surface area contributed by atoms with Gasteiger partial charge in [0.2, 0.25) is 0 Å². The van der Waals surface area contributed by atoms with Crippen molar-refractivity contribution in [1.82, 2.24) is 0 Å². The lowest BCUT2D eigenvalue weighted by molar-refractivity contribution is -0.116. The van der Waals surface area contributed by atoms with Gasteiger partial charge in [0.1, 0.15) is 0 Å². The number of carbonyl (C=O) groups excluding carboxylic acids is 2. The second kappa shape index (κ2) is 4.04. The molecule has 0 unspecified atom stereocenters. The van der Waals surface area contributed by atoms with Crippen molar-refractivity contribution in [3.05, 3.63) is 83.0 Å². The molecule has 0 saturated carbocycles. The molecule has 0 aromatic heterocycles. The van der Waals surface area contributed by atoms with Gasteiger partial charge in [-0.05, 0) is 35.1 Å². The van der Waals surface area contributed by atoms with Gasteiger partial charge in [-0.25, -0.2) is 0 Å². The molecule has 0 radical (unpaired) electrons. The highest BCUT2D eigenvalue weighted by molar-refractivity contribution is 6.22. The quantitative estimate of drug-likeness (QED) is 0.686. The van der Waals surface area contributed by atoms with Crippen molar-refractivity contribution in [2.75, 3.05) is 0 Å². The van der Waals surface area contributed by atoms with Crippen LogP contribution in [-0.2, 0) is 9.59 Å². The lowest BCUT2D eigenvalue weighted by Gasteiger charge is -2.50. The molecule has 0 N–H and O–H groups in total. The van der Waals surface area contributed by atoms with Gasteiger partial charge in [-0.15, -0.1) is 0 Å². The number of hydrogen-bond donors (Lipinski definition) is 0. The van der Waals surface area contributed by atoms with Crippen molar-refractivity contribution in [2.45, 2.75) is 11.8 Å². The van der Waals surface area contributed by atoms with E-state index >= 15 is 0 Å². The third-order valence-corrected chi connectivity index (χ3v) is 5.49. The first-order chi connectivity index (χ1) is 10.8. The van der Waals surface area contributed by atoms with Gasteiger partial charge < -0.3 is 0 Å². The summed E-state index contributed by atoms with van der Waals surface area (Å²) in [5.41, 5.74) is 3.95. The van der Waals surface area contributed by atoms with E-state index in [0.29, 0.717) is 0 Å². The van der Waals surface area contributed by atoms with Crippen molar-refractivity contribution in [2.24, 2.45) is 11.8 Å². The van der Waals surface area contributed by atoms with E-state index in [-0.39, 0.29) is 35.2 Å². The number of rotatable bonds is 0. The van der Waals surface area contributed by atoms with E-state index in [9.17, 15) is 9.59 Å². The van der Waals surface area contributed by atoms with Crippen LogP contribution >= 0.6 is 0 Å². The highest BCUT2D eigenvalue weighted by Gasteiger charge is 2.52. The Kier molecular flexibility index (Phi) is 2.22. The molecule has 2 nitrogen and oxygen atoms in total. The third-order valence-electron chi connectivity index (χ3n) is 5.49. The highest BCUT2D eigenvalue weighted by Crippen LogP contribution is 2.60. The van der Waals surface area contributed by atoms with Gasteiger partial charge in [0.05, 0.1) is 0 Å². The van der Waals surface area contributed by atoms with E-state index in [2.05, 4.69) is 36.4 Å². The molecule has 0 saturated heterocycles. The monoisotopic (exact) mass is 286 g/mol. The van der Waals surface area contributed by atoms with E-state index in [1.54, 1.807) is 0 Å². The molecule has 0 spiro atoms. The summed E-state index contributed by atoms with van der Waals surface area (Å²) in [6, 6.07) is 8.30. The molecule has 0 aliphatic heterocycles. The van der Waals surface area contributed by atoms with Crippen LogP contribution in [0.5, 0.6) is 0 Å². The number of benzene rings is 1. The Balaban J connectivity index is 1.85. The summed E-state index contributed by atoms with van der Waals surface area (Å²) in [4.78, 5) is 25.0. The van der Waals surface area contributed by atoms with Crippen molar-refractivity contribution in [3.63, 3.8) is 0 Å². The first-order valence-corrected chi connectivity index (χ1v) is 7.72. The standard InChI is InChI=1S/C20H14O2/c21-15-9-10-16(22)20-18-12-6-2-1-5-11(12)17(19(15)20)13-7-3-4-8-14(13)18/h1-12,17-18H/t11-,12+,17-,18+. The van der Waals surface area contributed by atoms with Crippen LogP contribution in [0, 0.1) is 11.8 Å². The van der Waals surface area contributed by atoms with Crippen LogP contribution in [0.25, 0.3) is 0 Å². The summed E-state index contributed by atoms with van der Waals surface area (Å²) in [6.07, 6.45) is 11.4. The normalized spacial score (nSPS) is 33.8. The van der Waals surface area contributed by atoms with Gasteiger partial charge >= 0.3 is 0 Å². The first kappa shape index (κ1) is 12.1. The zero-order chi connectivity index (χ0) is 14.8. The van der Waals surface area contributed by atoms with E-state index in [0.717, 1.165) is 11.1 Å². The van der Waals surface area contributed by atoms with Crippen molar-refractivity contribution >= 4 is 11.6 Å². The van der Waals surface area contributed by atoms with E-state index in [1.807, 2.05) is 12.1 Å². The van der Waals surface area contributed by atoms with Crippen LogP contribution < -0.4 is 0 Å². The first-order valence-electron chi connectivity index (χ1n) is 7.72. The Morgan fingerprint density at radius 2 is 1.14 bits per heavy atom. The number of allylic oxidation sites excluding steroid dienone is 8. The van der Waals surface area contributed by atoms with E-state index in [1.165, 1.54) is 23.3 Å². The minimum Gasteiger partial charge on any atom is -0.290 e. The van der Waals surface area contributed by atoms with Crippen molar-refractivity contribution in [1.29, 1.82) is 0 Å². The summed E-state index contributed by atoms with van der Waals surface area (Å²) in [5.74, 6) is 0.632. The fraction of sp³-hybridized carbons (Fsp3) is 0.200. The van der Waals surface area contributed by atoms with Crippen molar-refractivity contribution < 1.29 is 9.59 Å². The molecule has 1 aromatic carbocycles. The predicted octanol–water partition coefficient (Wildman–Crippen LogP) is 3.24.